The SMILES string of the molecule is O=C(COC(=O)c1oc2ccccc2c1CSC1CCCCC1)c1ccccc1. The lowest BCUT2D eigenvalue weighted by atomic mass is 10.0. The second kappa shape index (κ2) is 9.31. The van der Waals surface area contributed by atoms with Gasteiger partial charge in [0, 0.05) is 27.5 Å². The summed E-state index contributed by atoms with van der Waals surface area (Å²) < 4.78 is 11.2. The molecule has 1 aromatic heterocycles. The molecule has 1 aliphatic rings. The Morgan fingerprint density at radius 2 is 1.69 bits per heavy atom. The fourth-order valence-electron chi connectivity index (χ4n) is 3.74. The molecular weight excluding hydrogens is 384 g/mol. The van der Waals surface area contributed by atoms with Crippen molar-refractivity contribution in [3.8, 4) is 0 Å². The largest absolute Gasteiger partial charge is 0.451 e. The number of carbonyl (C=O) groups excluding carboxylic acids is 2. The zero-order valence-electron chi connectivity index (χ0n) is 16.3. The van der Waals surface area contributed by atoms with E-state index in [-0.39, 0.29) is 18.2 Å². The molecule has 1 aliphatic carbocycles. The van der Waals surface area contributed by atoms with Gasteiger partial charge in [0.05, 0.1) is 0 Å². The van der Waals surface area contributed by atoms with E-state index in [0.717, 1.165) is 10.9 Å². The topological polar surface area (TPSA) is 56.5 Å². The number of para-hydroxylation sites is 1. The Morgan fingerprint density at radius 1 is 0.966 bits per heavy atom. The summed E-state index contributed by atoms with van der Waals surface area (Å²) in [6, 6.07) is 16.5. The summed E-state index contributed by atoms with van der Waals surface area (Å²) in [7, 11) is 0. The quantitative estimate of drug-likeness (QED) is 0.352. The molecule has 0 unspecified atom stereocenters. The molecule has 0 radical (unpaired) electrons. The molecule has 0 aliphatic heterocycles. The molecule has 0 saturated heterocycles. The van der Waals surface area contributed by atoms with Crippen LogP contribution >= 0.6 is 11.8 Å². The van der Waals surface area contributed by atoms with Crippen molar-refractivity contribution in [3.05, 3.63) is 71.5 Å². The van der Waals surface area contributed by atoms with Crippen LogP contribution in [-0.4, -0.2) is 23.6 Å². The van der Waals surface area contributed by atoms with Gasteiger partial charge in [0.1, 0.15) is 5.58 Å². The predicted molar refractivity (Wildman–Crippen MR) is 115 cm³/mol. The van der Waals surface area contributed by atoms with Gasteiger partial charge in [-0.25, -0.2) is 4.79 Å². The van der Waals surface area contributed by atoms with Crippen LogP contribution < -0.4 is 0 Å². The van der Waals surface area contributed by atoms with Crippen molar-refractivity contribution in [1.82, 2.24) is 0 Å². The second-order valence-electron chi connectivity index (χ2n) is 7.34. The Kier molecular flexibility index (Phi) is 6.35. The first-order valence-corrected chi connectivity index (χ1v) is 11.1. The predicted octanol–water partition coefficient (Wildman–Crippen LogP) is 6.04. The standard InChI is InChI=1S/C24H24O4S/c25-21(17-9-3-1-4-10-17)15-27-24(26)23-20(16-29-18-11-5-2-6-12-18)19-13-7-8-14-22(19)28-23/h1,3-4,7-10,13-14,18H,2,5-6,11-12,15-16H2. The van der Waals surface area contributed by atoms with Crippen LogP contribution in [0.15, 0.2) is 59.0 Å². The lowest BCUT2D eigenvalue weighted by Crippen LogP contribution is -2.15. The van der Waals surface area contributed by atoms with Crippen molar-refractivity contribution >= 4 is 34.5 Å². The summed E-state index contributed by atoms with van der Waals surface area (Å²) in [6.07, 6.45) is 6.33. The van der Waals surface area contributed by atoms with Crippen molar-refractivity contribution < 1.29 is 18.7 Å². The number of hydrogen-bond donors (Lipinski definition) is 0. The zero-order chi connectivity index (χ0) is 20.1. The van der Waals surface area contributed by atoms with Gasteiger partial charge in [-0.15, -0.1) is 0 Å². The minimum Gasteiger partial charge on any atom is -0.451 e. The third kappa shape index (κ3) is 4.73. The minimum absolute atomic E-state index is 0.218. The van der Waals surface area contributed by atoms with Gasteiger partial charge in [0.25, 0.3) is 0 Å². The van der Waals surface area contributed by atoms with E-state index in [1.165, 1.54) is 32.1 Å². The van der Waals surface area contributed by atoms with Crippen LogP contribution in [0, 0.1) is 0 Å². The van der Waals surface area contributed by atoms with Gasteiger partial charge in [-0.2, -0.15) is 11.8 Å². The van der Waals surface area contributed by atoms with E-state index in [9.17, 15) is 9.59 Å². The molecule has 0 amide bonds. The number of hydrogen-bond acceptors (Lipinski definition) is 5. The van der Waals surface area contributed by atoms with Crippen LogP contribution in [0.3, 0.4) is 0 Å². The van der Waals surface area contributed by atoms with Crippen LogP contribution in [0.5, 0.6) is 0 Å². The second-order valence-corrected chi connectivity index (χ2v) is 8.63. The van der Waals surface area contributed by atoms with E-state index >= 15 is 0 Å². The summed E-state index contributed by atoms with van der Waals surface area (Å²) in [5.41, 5.74) is 2.07. The maximum Gasteiger partial charge on any atom is 0.375 e. The molecule has 1 heterocycles. The number of furan rings is 1. The number of esters is 1. The molecule has 0 spiro atoms. The fraction of sp³-hybridized carbons (Fsp3) is 0.333. The molecule has 4 rings (SSSR count). The summed E-state index contributed by atoms with van der Waals surface area (Å²) >= 11 is 1.89. The zero-order valence-corrected chi connectivity index (χ0v) is 17.1. The highest BCUT2D eigenvalue weighted by Gasteiger charge is 2.24. The van der Waals surface area contributed by atoms with E-state index in [0.29, 0.717) is 22.1 Å². The molecule has 0 atom stereocenters. The molecule has 5 heteroatoms. The third-order valence-electron chi connectivity index (χ3n) is 5.33. The first-order valence-electron chi connectivity index (χ1n) is 10.1. The van der Waals surface area contributed by atoms with E-state index in [2.05, 4.69) is 0 Å². The fourth-order valence-corrected chi connectivity index (χ4v) is 5.10. The summed E-state index contributed by atoms with van der Waals surface area (Å²) in [5, 5.41) is 1.57. The Morgan fingerprint density at radius 3 is 2.48 bits per heavy atom. The summed E-state index contributed by atoms with van der Waals surface area (Å²) in [4.78, 5) is 25.0. The van der Waals surface area contributed by atoms with Crippen LogP contribution in [0.2, 0.25) is 0 Å². The van der Waals surface area contributed by atoms with Crippen molar-refractivity contribution in [2.45, 2.75) is 43.1 Å². The molecule has 150 valence electrons. The highest BCUT2D eigenvalue weighted by Crippen LogP contribution is 2.35. The Balaban J connectivity index is 1.49. The molecule has 29 heavy (non-hydrogen) atoms. The number of carbonyl (C=O) groups is 2. The van der Waals surface area contributed by atoms with Crippen molar-refractivity contribution in [2.75, 3.05) is 6.61 Å². The van der Waals surface area contributed by atoms with Gasteiger partial charge in [-0.3, -0.25) is 4.79 Å². The Bertz CT molecular complexity index is 987. The number of benzene rings is 2. The van der Waals surface area contributed by atoms with Crippen molar-refractivity contribution in [3.63, 3.8) is 0 Å². The number of rotatable bonds is 7. The monoisotopic (exact) mass is 408 g/mol. The normalized spacial score (nSPS) is 14.8. The van der Waals surface area contributed by atoms with Crippen LogP contribution in [0.4, 0.5) is 0 Å². The smallest absolute Gasteiger partial charge is 0.375 e. The first-order chi connectivity index (χ1) is 14.2. The molecule has 0 N–H and O–H groups in total. The van der Waals surface area contributed by atoms with Crippen LogP contribution in [0.25, 0.3) is 11.0 Å². The Hall–Kier alpha value is -2.53. The molecule has 3 aromatic rings. The molecule has 1 fully saturated rings. The molecular formula is C24H24O4S. The van der Waals surface area contributed by atoms with E-state index in [1.54, 1.807) is 24.3 Å². The molecule has 1 saturated carbocycles. The lowest BCUT2D eigenvalue weighted by Gasteiger charge is -2.20. The van der Waals surface area contributed by atoms with Gasteiger partial charge >= 0.3 is 5.97 Å². The minimum atomic E-state index is -0.579. The van der Waals surface area contributed by atoms with Gasteiger partial charge in [-0.1, -0.05) is 67.8 Å². The summed E-state index contributed by atoms with van der Waals surface area (Å²) in [6.45, 7) is -0.297. The van der Waals surface area contributed by atoms with Crippen molar-refractivity contribution in [2.24, 2.45) is 0 Å². The average Bonchev–Trinajstić information content (AvgIpc) is 3.16. The van der Waals surface area contributed by atoms with Gasteiger partial charge in [0.15, 0.2) is 12.4 Å². The number of ketones is 1. The highest BCUT2D eigenvalue weighted by atomic mass is 32.2. The van der Waals surface area contributed by atoms with Gasteiger partial charge < -0.3 is 9.15 Å². The number of fused-ring (bicyclic) bond motifs is 1. The number of Topliss-reactive ketones (excluding diaryl/α,β-unsaturated/α-hetero) is 1. The Labute approximate surface area is 174 Å². The lowest BCUT2D eigenvalue weighted by molar-refractivity contribution is 0.0445. The van der Waals surface area contributed by atoms with Gasteiger partial charge in [0.2, 0.25) is 5.76 Å². The highest BCUT2D eigenvalue weighted by molar-refractivity contribution is 7.99. The first kappa shape index (κ1) is 19.8. The van der Waals surface area contributed by atoms with E-state index in [1.807, 2.05) is 42.1 Å². The maximum absolute atomic E-state index is 12.7. The maximum atomic E-state index is 12.7. The third-order valence-corrected chi connectivity index (χ3v) is 6.73. The molecule has 0 bridgehead atoms. The number of ether oxygens (including phenoxy) is 1. The van der Waals surface area contributed by atoms with Crippen LogP contribution in [-0.2, 0) is 10.5 Å². The summed E-state index contributed by atoms with van der Waals surface area (Å²) in [5.74, 6) is 0.118. The van der Waals surface area contributed by atoms with Crippen LogP contribution in [0.1, 0.15) is 58.6 Å². The van der Waals surface area contributed by atoms with Gasteiger partial charge in [-0.05, 0) is 18.9 Å². The van der Waals surface area contributed by atoms with E-state index < -0.39 is 5.97 Å². The average molecular weight is 409 g/mol. The molecule has 2 aromatic carbocycles. The van der Waals surface area contributed by atoms with Crippen molar-refractivity contribution in [1.29, 1.82) is 0 Å². The van der Waals surface area contributed by atoms with E-state index in [4.69, 9.17) is 9.15 Å². The number of thioether (sulfide) groups is 1. The molecule has 4 nitrogen and oxygen atoms in total.